The zero-order valence-corrected chi connectivity index (χ0v) is 19.5. The molecule has 2 aliphatic rings. The SMILES string of the molecule is CN1CCN(c2ccc3nc(-c4c(NC5CCOCC5)c5cscc5[nH]c4=O)[nH]c3c2)CC1. The maximum Gasteiger partial charge on any atom is 0.261 e. The Balaban J connectivity index is 1.41. The minimum Gasteiger partial charge on any atom is -0.381 e. The lowest BCUT2D eigenvalue weighted by molar-refractivity contribution is 0.0905. The van der Waals surface area contributed by atoms with Crippen LogP contribution in [0.3, 0.4) is 0 Å². The van der Waals surface area contributed by atoms with Crippen molar-refractivity contribution in [2.75, 3.05) is 56.7 Å². The van der Waals surface area contributed by atoms with E-state index < -0.39 is 0 Å². The molecule has 9 heteroatoms. The van der Waals surface area contributed by atoms with Gasteiger partial charge in [-0.2, -0.15) is 0 Å². The summed E-state index contributed by atoms with van der Waals surface area (Å²) in [6.45, 7) is 5.62. The lowest BCUT2D eigenvalue weighted by atomic mass is 10.1. The summed E-state index contributed by atoms with van der Waals surface area (Å²) in [7, 11) is 2.16. The van der Waals surface area contributed by atoms with Crippen LogP contribution in [-0.2, 0) is 4.74 Å². The summed E-state index contributed by atoms with van der Waals surface area (Å²) in [5.41, 5.74) is 5.16. The largest absolute Gasteiger partial charge is 0.381 e. The molecule has 0 aliphatic carbocycles. The standard InChI is InChI=1S/C24H28N6O2S/c1-29-6-8-30(9-7-29)16-2-3-18-19(12-16)27-23(26-18)21-22(25-15-4-10-32-11-5-15)17-13-33-14-20(17)28-24(21)31/h2-3,12-15,25H,4-11H2,1H3,(H,26,27)(H,28,31). The van der Waals surface area contributed by atoms with Crippen molar-refractivity contribution in [1.29, 1.82) is 0 Å². The van der Waals surface area contributed by atoms with Crippen LogP contribution in [0.25, 0.3) is 33.3 Å². The van der Waals surface area contributed by atoms with E-state index in [1.54, 1.807) is 11.3 Å². The Morgan fingerprint density at radius 1 is 1.09 bits per heavy atom. The first-order valence-corrected chi connectivity index (χ1v) is 12.5. The Morgan fingerprint density at radius 3 is 2.73 bits per heavy atom. The van der Waals surface area contributed by atoms with Crippen LogP contribution in [0.15, 0.2) is 33.8 Å². The van der Waals surface area contributed by atoms with Crippen LogP contribution in [0.5, 0.6) is 0 Å². The molecule has 2 saturated heterocycles. The Morgan fingerprint density at radius 2 is 1.91 bits per heavy atom. The molecule has 1 aromatic carbocycles. The average molecular weight is 465 g/mol. The molecule has 0 spiro atoms. The number of nitrogens with one attached hydrogen (secondary N) is 3. The monoisotopic (exact) mass is 464 g/mol. The van der Waals surface area contributed by atoms with Gasteiger partial charge < -0.3 is 29.8 Å². The maximum absolute atomic E-state index is 13.2. The molecule has 172 valence electrons. The van der Waals surface area contributed by atoms with Crippen molar-refractivity contribution in [2.45, 2.75) is 18.9 Å². The first-order valence-electron chi connectivity index (χ1n) is 11.6. The molecule has 0 radical (unpaired) electrons. The second kappa shape index (κ2) is 8.48. The van der Waals surface area contributed by atoms with Gasteiger partial charge in [-0.15, -0.1) is 11.3 Å². The molecular formula is C24H28N6O2S. The quantitative estimate of drug-likeness (QED) is 0.429. The van der Waals surface area contributed by atoms with E-state index in [4.69, 9.17) is 9.72 Å². The third-order valence-corrected chi connectivity index (χ3v) is 7.54. The van der Waals surface area contributed by atoms with E-state index in [1.807, 2.05) is 11.4 Å². The van der Waals surface area contributed by atoms with Crippen molar-refractivity contribution >= 4 is 44.6 Å². The number of thiophene rings is 1. The van der Waals surface area contributed by atoms with Crippen molar-refractivity contribution in [3.63, 3.8) is 0 Å². The van der Waals surface area contributed by atoms with Gasteiger partial charge in [0.25, 0.3) is 5.56 Å². The molecule has 2 aliphatic heterocycles. The Labute approximate surface area is 195 Å². The molecule has 0 amide bonds. The molecule has 0 bridgehead atoms. The molecule has 0 atom stereocenters. The van der Waals surface area contributed by atoms with Crippen LogP contribution >= 0.6 is 11.3 Å². The van der Waals surface area contributed by atoms with Gasteiger partial charge >= 0.3 is 0 Å². The van der Waals surface area contributed by atoms with E-state index in [2.05, 4.69) is 49.6 Å². The second-order valence-electron chi connectivity index (χ2n) is 9.01. The fourth-order valence-corrected chi connectivity index (χ4v) is 5.59. The van der Waals surface area contributed by atoms with E-state index in [9.17, 15) is 4.79 Å². The molecule has 4 aromatic rings. The normalized spacial score (nSPS) is 18.4. The number of ether oxygens (including phenoxy) is 1. The number of hydrogen-bond donors (Lipinski definition) is 3. The third kappa shape index (κ3) is 3.90. The van der Waals surface area contributed by atoms with E-state index in [0.29, 0.717) is 11.4 Å². The van der Waals surface area contributed by atoms with Gasteiger partial charge in [0.05, 0.1) is 22.2 Å². The fraction of sp³-hybridized carbons (Fsp3) is 0.417. The Kier molecular flexibility index (Phi) is 5.32. The summed E-state index contributed by atoms with van der Waals surface area (Å²) in [6, 6.07) is 6.60. The highest BCUT2D eigenvalue weighted by molar-refractivity contribution is 7.09. The molecule has 2 fully saturated rings. The van der Waals surface area contributed by atoms with Crippen molar-refractivity contribution in [2.24, 2.45) is 0 Å². The van der Waals surface area contributed by atoms with Crippen LogP contribution < -0.4 is 15.8 Å². The number of imidazole rings is 1. The van der Waals surface area contributed by atoms with Crippen molar-refractivity contribution < 1.29 is 4.74 Å². The average Bonchev–Trinajstić information content (AvgIpc) is 3.46. The minimum atomic E-state index is -0.131. The number of anilines is 2. The van der Waals surface area contributed by atoms with E-state index in [-0.39, 0.29) is 11.6 Å². The molecule has 5 heterocycles. The minimum absolute atomic E-state index is 0.131. The number of hydrogen-bond acceptors (Lipinski definition) is 7. The molecule has 6 rings (SSSR count). The predicted octanol–water partition coefficient (Wildman–Crippen LogP) is 3.48. The van der Waals surface area contributed by atoms with Crippen LogP contribution in [0.1, 0.15) is 12.8 Å². The van der Waals surface area contributed by atoms with Crippen LogP contribution in [0, 0.1) is 0 Å². The van der Waals surface area contributed by atoms with Crippen molar-refractivity contribution in [3.8, 4) is 11.4 Å². The topological polar surface area (TPSA) is 89.3 Å². The lowest BCUT2D eigenvalue weighted by Gasteiger charge is -2.34. The Hall–Kier alpha value is -2.88. The number of piperazine rings is 1. The van der Waals surface area contributed by atoms with Gasteiger partial charge in [-0.3, -0.25) is 4.79 Å². The maximum atomic E-state index is 13.2. The molecule has 3 N–H and O–H groups in total. The lowest BCUT2D eigenvalue weighted by Crippen LogP contribution is -2.44. The van der Waals surface area contributed by atoms with Crippen LogP contribution in [0.2, 0.25) is 0 Å². The highest BCUT2D eigenvalue weighted by atomic mass is 32.1. The third-order valence-electron chi connectivity index (χ3n) is 6.80. The van der Waals surface area contributed by atoms with E-state index in [1.165, 1.54) is 5.69 Å². The first-order chi connectivity index (χ1) is 16.2. The number of benzene rings is 1. The highest BCUT2D eigenvalue weighted by Gasteiger charge is 2.23. The summed E-state index contributed by atoms with van der Waals surface area (Å²) in [5.74, 6) is 0.601. The van der Waals surface area contributed by atoms with Gasteiger partial charge in [0, 0.05) is 67.3 Å². The van der Waals surface area contributed by atoms with Crippen LogP contribution in [0.4, 0.5) is 11.4 Å². The van der Waals surface area contributed by atoms with E-state index in [0.717, 1.165) is 79.9 Å². The van der Waals surface area contributed by atoms with Crippen LogP contribution in [-0.4, -0.2) is 72.3 Å². The molecule has 0 saturated carbocycles. The molecule has 8 nitrogen and oxygen atoms in total. The number of nitrogens with zero attached hydrogens (tertiary/aromatic N) is 3. The summed E-state index contributed by atoms with van der Waals surface area (Å²) in [5, 5.41) is 8.76. The number of aromatic amines is 2. The molecular weight excluding hydrogens is 436 g/mol. The first kappa shape index (κ1) is 20.7. The number of pyridine rings is 1. The number of fused-ring (bicyclic) bond motifs is 2. The van der Waals surface area contributed by atoms with Gasteiger partial charge in [0.2, 0.25) is 0 Å². The summed E-state index contributed by atoms with van der Waals surface area (Å²) >= 11 is 1.59. The number of likely N-dealkylation sites (N-methyl/N-ethyl adjacent to an activating group) is 1. The molecule has 0 unspecified atom stereocenters. The number of rotatable bonds is 4. The summed E-state index contributed by atoms with van der Waals surface area (Å²) in [6.07, 6.45) is 1.85. The smallest absolute Gasteiger partial charge is 0.261 e. The summed E-state index contributed by atoms with van der Waals surface area (Å²) in [4.78, 5) is 29.3. The number of H-pyrrole nitrogens is 2. The zero-order chi connectivity index (χ0) is 22.4. The fourth-order valence-electron chi connectivity index (χ4n) is 4.82. The molecule has 33 heavy (non-hydrogen) atoms. The molecule has 3 aromatic heterocycles. The highest BCUT2D eigenvalue weighted by Crippen LogP contribution is 2.34. The van der Waals surface area contributed by atoms with Gasteiger partial charge in [-0.05, 0) is 38.1 Å². The van der Waals surface area contributed by atoms with Crippen molar-refractivity contribution in [1.82, 2.24) is 19.9 Å². The second-order valence-corrected chi connectivity index (χ2v) is 9.75. The Bertz CT molecular complexity index is 1340. The predicted molar refractivity (Wildman–Crippen MR) is 135 cm³/mol. The van der Waals surface area contributed by atoms with Gasteiger partial charge in [0.1, 0.15) is 11.4 Å². The zero-order valence-electron chi connectivity index (χ0n) is 18.7. The van der Waals surface area contributed by atoms with Gasteiger partial charge in [-0.1, -0.05) is 0 Å². The number of aromatic nitrogens is 3. The van der Waals surface area contributed by atoms with Gasteiger partial charge in [-0.25, -0.2) is 4.98 Å². The summed E-state index contributed by atoms with van der Waals surface area (Å²) < 4.78 is 5.52. The van der Waals surface area contributed by atoms with Gasteiger partial charge in [0.15, 0.2) is 0 Å². The van der Waals surface area contributed by atoms with E-state index >= 15 is 0 Å². The van der Waals surface area contributed by atoms with Crippen molar-refractivity contribution in [3.05, 3.63) is 39.3 Å².